The van der Waals surface area contributed by atoms with Gasteiger partial charge < -0.3 is 14.6 Å². The molecule has 0 radical (unpaired) electrons. The van der Waals surface area contributed by atoms with Gasteiger partial charge in [0.15, 0.2) is 0 Å². The zero-order chi connectivity index (χ0) is 13.1. The van der Waals surface area contributed by atoms with Crippen LogP contribution in [0.2, 0.25) is 5.02 Å². The van der Waals surface area contributed by atoms with Gasteiger partial charge in [-0.25, -0.2) is 0 Å². The summed E-state index contributed by atoms with van der Waals surface area (Å²) < 4.78 is 10.4. The van der Waals surface area contributed by atoms with E-state index >= 15 is 0 Å². The molecule has 0 aliphatic carbocycles. The topological polar surface area (TPSA) is 38.7 Å². The molecular weight excluding hydrogens is 252 g/mol. The first-order valence-electron chi connectivity index (χ1n) is 5.36. The fraction of sp³-hybridized carbons (Fsp3) is 0.143. The van der Waals surface area contributed by atoms with Crippen molar-refractivity contribution in [3.8, 4) is 28.4 Å². The summed E-state index contributed by atoms with van der Waals surface area (Å²) in [5.74, 6) is 1.39. The monoisotopic (exact) mass is 264 g/mol. The second kappa shape index (κ2) is 5.19. The predicted molar refractivity (Wildman–Crippen MR) is 71.7 cm³/mol. The summed E-state index contributed by atoms with van der Waals surface area (Å²) in [6.07, 6.45) is 0. The number of benzene rings is 2. The Labute approximate surface area is 111 Å². The summed E-state index contributed by atoms with van der Waals surface area (Å²) in [4.78, 5) is 0. The lowest BCUT2D eigenvalue weighted by Gasteiger charge is -2.11. The largest absolute Gasteiger partial charge is 0.508 e. The minimum atomic E-state index is 0.131. The third kappa shape index (κ3) is 2.51. The van der Waals surface area contributed by atoms with Crippen molar-refractivity contribution in [2.45, 2.75) is 0 Å². The van der Waals surface area contributed by atoms with Crippen LogP contribution in [-0.4, -0.2) is 19.3 Å². The first-order valence-corrected chi connectivity index (χ1v) is 5.74. The van der Waals surface area contributed by atoms with Gasteiger partial charge in [0, 0.05) is 16.7 Å². The van der Waals surface area contributed by atoms with E-state index in [0.717, 1.165) is 11.1 Å². The molecule has 0 aliphatic heterocycles. The normalized spacial score (nSPS) is 10.2. The van der Waals surface area contributed by atoms with E-state index in [0.29, 0.717) is 16.5 Å². The summed E-state index contributed by atoms with van der Waals surface area (Å²) in [7, 11) is 3.14. The summed E-state index contributed by atoms with van der Waals surface area (Å²) in [5, 5.41) is 10.3. The van der Waals surface area contributed by atoms with Crippen LogP contribution < -0.4 is 9.47 Å². The number of aromatic hydroxyl groups is 1. The van der Waals surface area contributed by atoms with Crippen molar-refractivity contribution in [2.24, 2.45) is 0 Å². The van der Waals surface area contributed by atoms with Crippen molar-refractivity contribution in [1.29, 1.82) is 0 Å². The highest BCUT2D eigenvalue weighted by Crippen LogP contribution is 2.36. The summed E-state index contributed by atoms with van der Waals surface area (Å²) >= 11 is 5.99. The van der Waals surface area contributed by atoms with Crippen LogP contribution in [0.5, 0.6) is 17.2 Å². The van der Waals surface area contributed by atoms with Crippen LogP contribution in [0.3, 0.4) is 0 Å². The number of phenols is 1. The molecule has 2 aromatic rings. The van der Waals surface area contributed by atoms with Gasteiger partial charge in [-0.2, -0.15) is 0 Å². The third-order valence-corrected chi connectivity index (χ3v) is 2.83. The molecule has 94 valence electrons. The average Bonchev–Trinajstić information content (AvgIpc) is 2.38. The molecule has 1 N–H and O–H groups in total. The second-order valence-corrected chi connectivity index (χ2v) is 4.20. The molecule has 0 aliphatic rings. The molecule has 0 unspecified atom stereocenters. The van der Waals surface area contributed by atoms with Crippen LogP contribution in [0, 0.1) is 0 Å². The van der Waals surface area contributed by atoms with Gasteiger partial charge >= 0.3 is 0 Å². The summed E-state index contributed by atoms with van der Waals surface area (Å²) in [6, 6.07) is 10.3. The Morgan fingerprint density at radius 3 is 2.44 bits per heavy atom. The van der Waals surface area contributed by atoms with E-state index in [9.17, 15) is 5.11 Å². The Hall–Kier alpha value is -1.87. The van der Waals surface area contributed by atoms with Gasteiger partial charge in [0.2, 0.25) is 0 Å². The zero-order valence-electron chi connectivity index (χ0n) is 10.1. The first-order chi connectivity index (χ1) is 8.63. The van der Waals surface area contributed by atoms with E-state index in [1.54, 1.807) is 44.6 Å². The number of phenolic OH excluding ortho intramolecular Hbond substituents is 1. The van der Waals surface area contributed by atoms with Crippen molar-refractivity contribution < 1.29 is 14.6 Å². The van der Waals surface area contributed by atoms with Gasteiger partial charge in [0.05, 0.1) is 14.2 Å². The van der Waals surface area contributed by atoms with Gasteiger partial charge in [0.1, 0.15) is 17.2 Å². The van der Waals surface area contributed by atoms with Gasteiger partial charge in [-0.15, -0.1) is 0 Å². The minimum absolute atomic E-state index is 0.131. The second-order valence-electron chi connectivity index (χ2n) is 3.76. The van der Waals surface area contributed by atoms with E-state index in [1.807, 2.05) is 6.07 Å². The number of halogens is 1. The molecule has 0 bridgehead atoms. The van der Waals surface area contributed by atoms with Crippen molar-refractivity contribution in [1.82, 2.24) is 0 Å². The molecule has 0 fully saturated rings. The number of methoxy groups -OCH3 is 2. The van der Waals surface area contributed by atoms with Crippen molar-refractivity contribution in [2.75, 3.05) is 14.2 Å². The standard InChI is InChI=1S/C14H13ClO3/c1-17-12-6-9(5-11(16)8-12)13-7-10(15)3-4-14(13)18-2/h3-8,16H,1-2H3. The molecule has 0 saturated heterocycles. The highest BCUT2D eigenvalue weighted by atomic mass is 35.5. The number of ether oxygens (including phenoxy) is 2. The maximum atomic E-state index is 9.67. The molecule has 0 amide bonds. The fourth-order valence-electron chi connectivity index (χ4n) is 1.76. The number of hydrogen-bond acceptors (Lipinski definition) is 3. The van der Waals surface area contributed by atoms with Crippen LogP contribution in [0.15, 0.2) is 36.4 Å². The molecule has 4 heteroatoms. The maximum Gasteiger partial charge on any atom is 0.126 e. The fourth-order valence-corrected chi connectivity index (χ4v) is 1.93. The Bertz CT molecular complexity index is 567. The minimum Gasteiger partial charge on any atom is -0.508 e. The van der Waals surface area contributed by atoms with Crippen LogP contribution in [0.4, 0.5) is 0 Å². The maximum absolute atomic E-state index is 9.67. The van der Waals surface area contributed by atoms with Gasteiger partial charge in [-0.05, 0) is 35.9 Å². The van der Waals surface area contributed by atoms with Crippen LogP contribution >= 0.6 is 11.6 Å². The molecule has 0 spiro atoms. The van der Waals surface area contributed by atoms with Crippen LogP contribution in [0.25, 0.3) is 11.1 Å². The summed E-state index contributed by atoms with van der Waals surface area (Å²) in [5.41, 5.74) is 1.59. The van der Waals surface area contributed by atoms with E-state index in [2.05, 4.69) is 0 Å². The summed E-state index contributed by atoms with van der Waals surface area (Å²) in [6.45, 7) is 0. The SMILES string of the molecule is COc1cc(O)cc(-c2cc(Cl)ccc2OC)c1. The van der Waals surface area contributed by atoms with Crippen LogP contribution in [-0.2, 0) is 0 Å². The third-order valence-electron chi connectivity index (χ3n) is 2.60. The van der Waals surface area contributed by atoms with Crippen LogP contribution in [0.1, 0.15) is 0 Å². The number of hydrogen-bond donors (Lipinski definition) is 1. The highest BCUT2D eigenvalue weighted by Gasteiger charge is 2.09. The Morgan fingerprint density at radius 2 is 1.78 bits per heavy atom. The van der Waals surface area contributed by atoms with Crippen molar-refractivity contribution in [3.05, 3.63) is 41.4 Å². The van der Waals surface area contributed by atoms with Crippen molar-refractivity contribution in [3.63, 3.8) is 0 Å². The van der Waals surface area contributed by atoms with Gasteiger partial charge in [0.25, 0.3) is 0 Å². The zero-order valence-corrected chi connectivity index (χ0v) is 10.9. The smallest absolute Gasteiger partial charge is 0.126 e. The van der Waals surface area contributed by atoms with Crippen molar-refractivity contribution >= 4 is 11.6 Å². The molecular formula is C14H13ClO3. The Balaban J connectivity index is 2.60. The lowest BCUT2D eigenvalue weighted by Crippen LogP contribution is -1.89. The molecule has 0 saturated carbocycles. The molecule has 18 heavy (non-hydrogen) atoms. The van der Waals surface area contributed by atoms with E-state index in [4.69, 9.17) is 21.1 Å². The molecule has 0 atom stereocenters. The molecule has 3 nitrogen and oxygen atoms in total. The molecule has 2 aromatic carbocycles. The lowest BCUT2D eigenvalue weighted by atomic mass is 10.0. The quantitative estimate of drug-likeness (QED) is 0.918. The predicted octanol–water partition coefficient (Wildman–Crippen LogP) is 3.73. The Kier molecular flexibility index (Phi) is 3.63. The van der Waals surface area contributed by atoms with E-state index in [1.165, 1.54) is 0 Å². The highest BCUT2D eigenvalue weighted by molar-refractivity contribution is 6.31. The molecule has 0 aromatic heterocycles. The lowest BCUT2D eigenvalue weighted by molar-refractivity contribution is 0.407. The van der Waals surface area contributed by atoms with E-state index < -0.39 is 0 Å². The first kappa shape index (κ1) is 12.6. The van der Waals surface area contributed by atoms with Gasteiger partial charge in [-0.3, -0.25) is 0 Å². The molecule has 0 heterocycles. The molecule has 2 rings (SSSR count). The van der Waals surface area contributed by atoms with Gasteiger partial charge in [-0.1, -0.05) is 11.6 Å². The van der Waals surface area contributed by atoms with E-state index in [-0.39, 0.29) is 5.75 Å². The average molecular weight is 265 g/mol. The number of rotatable bonds is 3. The Morgan fingerprint density at radius 1 is 1.00 bits per heavy atom.